The molecule has 0 saturated heterocycles. The molecule has 2 N–H and O–H groups in total. The van der Waals surface area contributed by atoms with Crippen LogP contribution in [0, 0.1) is 0 Å². The van der Waals surface area contributed by atoms with E-state index in [0.29, 0.717) is 4.99 Å². The zero-order valence-electron chi connectivity index (χ0n) is 8.55. The van der Waals surface area contributed by atoms with Crippen LogP contribution >= 0.6 is 12.2 Å². The third-order valence-corrected chi connectivity index (χ3v) is 2.06. The lowest BCUT2D eigenvalue weighted by Crippen LogP contribution is -2.08. The smallest absolute Gasteiger partial charge is 0.0728 e. The molecular weight excluding hydrogens is 182 g/mol. The molecule has 0 aliphatic heterocycles. The summed E-state index contributed by atoms with van der Waals surface area (Å²) in [5.41, 5.74) is 5.35. The van der Waals surface area contributed by atoms with Crippen LogP contribution in [-0.2, 0) is 4.74 Å². The highest BCUT2D eigenvalue weighted by Gasteiger charge is 1.91. The zero-order chi connectivity index (χ0) is 9.94. The molecule has 0 fully saturated rings. The monoisotopic (exact) mass is 203 g/mol. The van der Waals surface area contributed by atoms with Gasteiger partial charge in [-0.3, -0.25) is 0 Å². The fourth-order valence-electron chi connectivity index (χ4n) is 1.08. The number of thiocarbonyl (C=S) groups is 1. The van der Waals surface area contributed by atoms with Gasteiger partial charge in [0.1, 0.15) is 0 Å². The molecule has 0 spiro atoms. The number of hydrogen-bond acceptors (Lipinski definition) is 2. The molecule has 3 heteroatoms. The number of ether oxygens (including phenoxy) is 1. The summed E-state index contributed by atoms with van der Waals surface area (Å²) in [7, 11) is 0. The Morgan fingerprint density at radius 2 is 1.85 bits per heavy atom. The molecule has 0 aromatic carbocycles. The summed E-state index contributed by atoms with van der Waals surface area (Å²) >= 11 is 4.75. The van der Waals surface area contributed by atoms with E-state index in [1.165, 1.54) is 25.7 Å². The van der Waals surface area contributed by atoms with Gasteiger partial charge in [-0.05, 0) is 19.3 Å². The Kier molecular flexibility index (Phi) is 9.82. The van der Waals surface area contributed by atoms with E-state index in [-0.39, 0.29) is 0 Å². The van der Waals surface area contributed by atoms with Gasteiger partial charge in [0, 0.05) is 13.2 Å². The Morgan fingerprint density at radius 1 is 1.15 bits per heavy atom. The topological polar surface area (TPSA) is 35.2 Å². The fraction of sp³-hybridized carbons (Fsp3) is 0.900. The Hall–Kier alpha value is -0.150. The molecule has 78 valence electrons. The third-order valence-electron chi connectivity index (χ3n) is 1.85. The predicted octanol–water partition coefficient (Wildman–Crippen LogP) is 2.65. The van der Waals surface area contributed by atoms with Gasteiger partial charge in [0.2, 0.25) is 0 Å². The lowest BCUT2D eigenvalue weighted by Gasteiger charge is -2.02. The van der Waals surface area contributed by atoms with E-state index in [9.17, 15) is 0 Å². The second kappa shape index (κ2) is 9.93. The van der Waals surface area contributed by atoms with Crippen LogP contribution in [0.15, 0.2) is 0 Å². The van der Waals surface area contributed by atoms with E-state index in [1.54, 1.807) is 0 Å². The normalized spacial score (nSPS) is 10.2. The van der Waals surface area contributed by atoms with Crippen LogP contribution in [0.1, 0.15) is 45.4 Å². The van der Waals surface area contributed by atoms with Crippen LogP contribution < -0.4 is 5.73 Å². The van der Waals surface area contributed by atoms with Crippen molar-refractivity contribution in [3.05, 3.63) is 0 Å². The molecule has 0 atom stereocenters. The number of nitrogens with two attached hydrogens (primary N) is 1. The van der Waals surface area contributed by atoms with E-state index in [2.05, 4.69) is 6.92 Å². The summed E-state index contributed by atoms with van der Waals surface area (Å²) in [5, 5.41) is 0. The minimum absolute atomic E-state index is 0.592. The van der Waals surface area contributed by atoms with Gasteiger partial charge in [0.25, 0.3) is 0 Å². The summed E-state index contributed by atoms with van der Waals surface area (Å²) in [5.74, 6) is 0. The van der Waals surface area contributed by atoms with E-state index in [1.807, 2.05) is 0 Å². The van der Waals surface area contributed by atoms with Crippen LogP contribution in [0.3, 0.4) is 0 Å². The van der Waals surface area contributed by atoms with Crippen LogP contribution in [0.2, 0.25) is 0 Å². The standard InChI is InChI=1S/C10H21NOS/c1-2-3-4-5-8-12-9-6-7-10(11)13/h2-9H2,1H3,(H2,11,13). The number of rotatable bonds is 9. The van der Waals surface area contributed by atoms with Gasteiger partial charge in [0.05, 0.1) is 4.99 Å². The lowest BCUT2D eigenvalue weighted by atomic mass is 10.2. The number of hydrogen-bond donors (Lipinski definition) is 1. The van der Waals surface area contributed by atoms with Crippen LogP contribution in [-0.4, -0.2) is 18.2 Å². The second-order valence-electron chi connectivity index (χ2n) is 3.24. The Morgan fingerprint density at radius 3 is 2.46 bits per heavy atom. The van der Waals surface area contributed by atoms with Crippen molar-refractivity contribution in [1.82, 2.24) is 0 Å². The van der Waals surface area contributed by atoms with E-state index >= 15 is 0 Å². The lowest BCUT2D eigenvalue weighted by molar-refractivity contribution is 0.129. The minimum atomic E-state index is 0.592. The van der Waals surface area contributed by atoms with Gasteiger partial charge in [-0.2, -0.15) is 0 Å². The largest absolute Gasteiger partial charge is 0.393 e. The maximum atomic E-state index is 5.42. The van der Waals surface area contributed by atoms with Crippen molar-refractivity contribution in [3.8, 4) is 0 Å². The molecule has 0 amide bonds. The van der Waals surface area contributed by atoms with Crippen LogP contribution in [0.5, 0.6) is 0 Å². The van der Waals surface area contributed by atoms with Gasteiger partial charge < -0.3 is 10.5 Å². The predicted molar refractivity (Wildman–Crippen MR) is 61.0 cm³/mol. The Bertz CT molecular complexity index is 128. The van der Waals surface area contributed by atoms with Crippen molar-refractivity contribution in [3.63, 3.8) is 0 Å². The van der Waals surface area contributed by atoms with Gasteiger partial charge in [-0.1, -0.05) is 38.4 Å². The summed E-state index contributed by atoms with van der Waals surface area (Å²) in [6, 6.07) is 0. The maximum Gasteiger partial charge on any atom is 0.0728 e. The zero-order valence-corrected chi connectivity index (χ0v) is 9.37. The molecule has 0 rings (SSSR count). The van der Waals surface area contributed by atoms with Crippen LogP contribution in [0.4, 0.5) is 0 Å². The van der Waals surface area contributed by atoms with Gasteiger partial charge in [0.15, 0.2) is 0 Å². The first-order chi connectivity index (χ1) is 6.27. The van der Waals surface area contributed by atoms with Gasteiger partial charge in [-0.15, -0.1) is 0 Å². The Balaban J connectivity index is 2.87. The molecule has 0 aromatic rings. The first-order valence-corrected chi connectivity index (χ1v) is 5.54. The van der Waals surface area contributed by atoms with E-state index < -0.39 is 0 Å². The maximum absolute atomic E-state index is 5.42. The Labute approximate surface area is 86.8 Å². The van der Waals surface area contributed by atoms with Gasteiger partial charge in [-0.25, -0.2) is 0 Å². The van der Waals surface area contributed by atoms with Crippen molar-refractivity contribution in [2.24, 2.45) is 5.73 Å². The van der Waals surface area contributed by atoms with Crippen molar-refractivity contribution in [2.75, 3.05) is 13.2 Å². The van der Waals surface area contributed by atoms with Crippen molar-refractivity contribution in [1.29, 1.82) is 0 Å². The summed E-state index contributed by atoms with van der Waals surface area (Å²) in [6.45, 7) is 3.89. The molecule has 0 aromatic heterocycles. The molecule has 0 aliphatic carbocycles. The average Bonchev–Trinajstić information content (AvgIpc) is 2.09. The molecule has 0 radical (unpaired) electrons. The SMILES string of the molecule is CCCCCCOCCCC(N)=S. The van der Waals surface area contributed by atoms with E-state index in [0.717, 1.165) is 26.1 Å². The molecule has 0 bridgehead atoms. The number of unbranched alkanes of at least 4 members (excludes halogenated alkanes) is 3. The summed E-state index contributed by atoms with van der Waals surface area (Å²) in [6.07, 6.45) is 6.83. The summed E-state index contributed by atoms with van der Waals surface area (Å²) in [4.78, 5) is 0.592. The second-order valence-corrected chi connectivity index (χ2v) is 3.77. The quantitative estimate of drug-likeness (QED) is 0.462. The molecule has 0 aliphatic rings. The molecule has 13 heavy (non-hydrogen) atoms. The molecule has 0 heterocycles. The first kappa shape index (κ1) is 12.8. The van der Waals surface area contributed by atoms with Crippen molar-refractivity contribution < 1.29 is 4.74 Å². The van der Waals surface area contributed by atoms with Crippen molar-refractivity contribution in [2.45, 2.75) is 45.4 Å². The minimum Gasteiger partial charge on any atom is -0.393 e. The highest BCUT2D eigenvalue weighted by molar-refractivity contribution is 7.80. The molecule has 2 nitrogen and oxygen atoms in total. The highest BCUT2D eigenvalue weighted by atomic mass is 32.1. The summed E-state index contributed by atoms with van der Waals surface area (Å²) < 4.78 is 5.42. The van der Waals surface area contributed by atoms with Crippen molar-refractivity contribution >= 4 is 17.2 Å². The first-order valence-electron chi connectivity index (χ1n) is 5.13. The fourth-order valence-corrected chi connectivity index (χ4v) is 1.23. The third kappa shape index (κ3) is 11.9. The van der Waals surface area contributed by atoms with E-state index in [4.69, 9.17) is 22.7 Å². The average molecular weight is 203 g/mol. The molecular formula is C10H21NOS. The molecule has 0 unspecified atom stereocenters. The highest BCUT2D eigenvalue weighted by Crippen LogP contribution is 1.99. The molecule has 0 saturated carbocycles. The van der Waals surface area contributed by atoms with Crippen LogP contribution in [0.25, 0.3) is 0 Å². The van der Waals surface area contributed by atoms with Gasteiger partial charge >= 0.3 is 0 Å².